The van der Waals surface area contributed by atoms with E-state index in [1.807, 2.05) is 0 Å². The summed E-state index contributed by atoms with van der Waals surface area (Å²) in [5.41, 5.74) is 0. The molecule has 1 aliphatic rings. The lowest BCUT2D eigenvalue weighted by molar-refractivity contribution is 0.00677. The van der Waals surface area contributed by atoms with Gasteiger partial charge in [-0.15, -0.1) is 0 Å². The highest BCUT2D eigenvalue weighted by Crippen LogP contribution is 2.11. The van der Waals surface area contributed by atoms with Crippen LogP contribution in [0.15, 0.2) is 0 Å². The van der Waals surface area contributed by atoms with Crippen molar-refractivity contribution in [3.8, 4) is 0 Å². The lowest BCUT2D eigenvalue weighted by Gasteiger charge is -2.16. The minimum absolute atomic E-state index is 0.421. The topological polar surface area (TPSA) is 21.3 Å². The Morgan fingerprint density at radius 3 is 2.82 bits per heavy atom. The highest BCUT2D eigenvalue weighted by Gasteiger charge is 2.18. The van der Waals surface area contributed by atoms with Crippen LogP contribution >= 0.6 is 0 Å². The zero-order chi connectivity index (χ0) is 8.27. The number of hydrogen-bond acceptors (Lipinski definition) is 2. The number of rotatable bonds is 1. The van der Waals surface area contributed by atoms with Crippen LogP contribution in [0.5, 0.6) is 0 Å². The van der Waals surface area contributed by atoms with E-state index in [0.717, 1.165) is 19.4 Å². The molecule has 0 aromatic rings. The normalized spacial score (nSPS) is 40.1. The predicted octanol–water partition coefficient (Wildman–Crippen LogP) is 1.55. The third-order valence-electron chi connectivity index (χ3n) is 2.26. The zero-order valence-corrected chi connectivity index (χ0v) is 7.76. The number of nitrogens with one attached hydrogen (secondary N) is 1. The lowest BCUT2D eigenvalue weighted by atomic mass is 10.2. The van der Waals surface area contributed by atoms with Crippen LogP contribution < -0.4 is 5.32 Å². The maximum absolute atomic E-state index is 5.77. The van der Waals surface area contributed by atoms with E-state index in [2.05, 4.69) is 26.1 Å². The van der Waals surface area contributed by atoms with Gasteiger partial charge in [0.15, 0.2) is 0 Å². The third kappa shape index (κ3) is 2.80. The second-order valence-electron chi connectivity index (χ2n) is 3.52. The quantitative estimate of drug-likeness (QED) is 0.623. The maximum atomic E-state index is 5.77. The summed E-state index contributed by atoms with van der Waals surface area (Å²) in [7, 11) is 0. The van der Waals surface area contributed by atoms with Crippen LogP contribution in [-0.4, -0.2) is 24.8 Å². The standard InChI is InChI=1S/C9H19NO/c1-4-9-6-10-7(2)5-8(3)11-9/h7-10H,4-6H2,1-3H3. The van der Waals surface area contributed by atoms with Gasteiger partial charge in [-0.25, -0.2) is 0 Å². The molecule has 66 valence electrons. The fourth-order valence-corrected chi connectivity index (χ4v) is 1.59. The predicted molar refractivity (Wildman–Crippen MR) is 46.7 cm³/mol. The molecule has 1 rings (SSSR count). The largest absolute Gasteiger partial charge is 0.374 e. The molecule has 0 saturated carbocycles. The van der Waals surface area contributed by atoms with E-state index >= 15 is 0 Å². The Kier molecular flexibility index (Phi) is 3.34. The average Bonchev–Trinajstić information content (AvgIpc) is 2.11. The Morgan fingerprint density at radius 2 is 2.18 bits per heavy atom. The average molecular weight is 157 g/mol. The molecule has 2 nitrogen and oxygen atoms in total. The second-order valence-corrected chi connectivity index (χ2v) is 3.52. The number of ether oxygens (including phenoxy) is 1. The van der Waals surface area contributed by atoms with Crippen LogP contribution in [0.25, 0.3) is 0 Å². The fraction of sp³-hybridized carbons (Fsp3) is 1.00. The summed E-state index contributed by atoms with van der Waals surface area (Å²) in [6.07, 6.45) is 3.10. The highest BCUT2D eigenvalue weighted by molar-refractivity contribution is 4.73. The van der Waals surface area contributed by atoms with E-state index in [1.165, 1.54) is 0 Å². The van der Waals surface area contributed by atoms with Gasteiger partial charge in [0.05, 0.1) is 12.2 Å². The first-order valence-corrected chi connectivity index (χ1v) is 4.61. The first-order chi connectivity index (χ1) is 5.22. The van der Waals surface area contributed by atoms with Crippen molar-refractivity contribution in [1.82, 2.24) is 5.32 Å². The van der Waals surface area contributed by atoms with Gasteiger partial charge in [0.2, 0.25) is 0 Å². The Morgan fingerprint density at radius 1 is 1.45 bits per heavy atom. The molecular weight excluding hydrogens is 138 g/mol. The third-order valence-corrected chi connectivity index (χ3v) is 2.26. The lowest BCUT2D eigenvalue weighted by Crippen LogP contribution is -2.30. The van der Waals surface area contributed by atoms with E-state index in [4.69, 9.17) is 4.74 Å². The zero-order valence-electron chi connectivity index (χ0n) is 7.76. The van der Waals surface area contributed by atoms with E-state index in [1.54, 1.807) is 0 Å². The maximum Gasteiger partial charge on any atom is 0.0700 e. The van der Waals surface area contributed by atoms with Crippen molar-refractivity contribution in [3.05, 3.63) is 0 Å². The smallest absolute Gasteiger partial charge is 0.0700 e. The van der Waals surface area contributed by atoms with Crippen LogP contribution in [0.4, 0.5) is 0 Å². The Bertz CT molecular complexity index is 116. The van der Waals surface area contributed by atoms with Gasteiger partial charge in [-0.3, -0.25) is 0 Å². The Labute approximate surface area is 69.3 Å². The van der Waals surface area contributed by atoms with Gasteiger partial charge in [0.1, 0.15) is 0 Å². The van der Waals surface area contributed by atoms with Crippen molar-refractivity contribution < 1.29 is 4.74 Å². The van der Waals surface area contributed by atoms with Gasteiger partial charge in [0, 0.05) is 12.6 Å². The van der Waals surface area contributed by atoms with Crippen molar-refractivity contribution in [2.75, 3.05) is 6.54 Å². The van der Waals surface area contributed by atoms with Gasteiger partial charge >= 0.3 is 0 Å². The molecular formula is C9H19NO. The van der Waals surface area contributed by atoms with Gasteiger partial charge in [-0.1, -0.05) is 6.92 Å². The molecule has 1 aliphatic heterocycles. The highest BCUT2D eigenvalue weighted by atomic mass is 16.5. The molecule has 0 aliphatic carbocycles. The molecule has 2 heteroatoms. The Hall–Kier alpha value is -0.0800. The van der Waals surface area contributed by atoms with Crippen LogP contribution in [-0.2, 0) is 4.74 Å². The van der Waals surface area contributed by atoms with Gasteiger partial charge in [-0.2, -0.15) is 0 Å². The second kappa shape index (κ2) is 4.07. The first-order valence-electron chi connectivity index (χ1n) is 4.61. The summed E-state index contributed by atoms with van der Waals surface area (Å²) in [5, 5.41) is 3.45. The van der Waals surface area contributed by atoms with Crippen molar-refractivity contribution in [3.63, 3.8) is 0 Å². The molecule has 0 radical (unpaired) electrons. The molecule has 1 heterocycles. The minimum atomic E-state index is 0.421. The van der Waals surface area contributed by atoms with Crippen molar-refractivity contribution in [2.24, 2.45) is 0 Å². The monoisotopic (exact) mass is 157 g/mol. The summed E-state index contributed by atoms with van der Waals surface area (Å²) in [4.78, 5) is 0. The SMILES string of the molecule is CCC1CNC(C)CC(C)O1. The number of hydrogen-bond donors (Lipinski definition) is 1. The molecule has 0 spiro atoms. The van der Waals surface area contributed by atoms with Crippen LogP contribution in [0.2, 0.25) is 0 Å². The van der Waals surface area contributed by atoms with Gasteiger partial charge < -0.3 is 10.1 Å². The first kappa shape index (κ1) is 9.01. The fourth-order valence-electron chi connectivity index (χ4n) is 1.59. The van der Waals surface area contributed by atoms with Crippen LogP contribution in [0.1, 0.15) is 33.6 Å². The molecule has 3 unspecified atom stereocenters. The summed E-state index contributed by atoms with van der Waals surface area (Å²) < 4.78 is 5.77. The van der Waals surface area contributed by atoms with Gasteiger partial charge in [0.25, 0.3) is 0 Å². The molecule has 3 atom stereocenters. The molecule has 1 fully saturated rings. The van der Waals surface area contributed by atoms with Crippen molar-refractivity contribution in [2.45, 2.75) is 51.9 Å². The summed E-state index contributed by atoms with van der Waals surface area (Å²) in [6.45, 7) is 7.57. The molecule has 1 saturated heterocycles. The van der Waals surface area contributed by atoms with Crippen LogP contribution in [0.3, 0.4) is 0 Å². The van der Waals surface area contributed by atoms with Crippen molar-refractivity contribution in [1.29, 1.82) is 0 Å². The van der Waals surface area contributed by atoms with E-state index in [0.29, 0.717) is 18.2 Å². The van der Waals surface area contributed by atoms with E-state index in [9.17, 15) is 0 Å². The van der Waals surface area contributed by atoms with Gasteiger partial charge in [-0.05, 0) is 26.7 Å². The molecule has 0 amide bonds. The molecule has 0 bridgehead atoms. The summed E-state index contributed by atoms with van der Waals surface area (Å²) >= 11 is 0. The molecule has 0 aromatic heterocycles. The van der Waals surface area contributed by atoms with E-state index < -0.39 is 0 Å². The molecule has 0 aromatic carbocycles. The summed E-state index contributed by atoms with van der Waals surface area (Å²) in [5.74, 6) is 0. The summed E-state index contributed by atoms with van der Waals surface area (Å²) in [6, 6.07) is 0.613. The molecule has 1 N–H and O–H groups in total. The Balaban J connectivity index is 2.39. The molecule has 11 heavy (non-hydrogen) atoms. The van der Waals surface area contributed by atoms with Crippen molar-refractivity contribution >= 4 is 0 Å². The van der Waals surface area contributed by atoms with E-state index in [-0.39, 0.29) is 0 Å². The van der Waals surface area contributed by atoms with Crippen LogP contribution in [0, 0.1) is 0 Å². The minimum Gasteiger partial charge on any atom is -0.374 e.